The highest BCUT2D eigenvalue weighted by atomic mass is 35.5. The summed E-state index contributed by atoms with van der Waals surface area (Å²) in [5.41, 5.74) is -0.837. The SMILES string of the molecule is CC(C)(C)NC(=O)N1CC(OC(Cc2ccc(F)cc2C(F)(F)F)c2ccc(Cl)cc2)C1. The van der Waals surface area contributed by atoms with E-state index in [2.05, 4.69) is 5.32 Å². The van der Waals surface area contributed by atoms with Crippen molar-refractivity contribution in [2.45, 2.75) is 51.1 Å². The Hall–Kier alpha value is -2.32. The number of carbonyl (C=O) groups excluding carboxylic acids is 1. The molecule has 1 aliphatic heterocycles. The van der Waals surface area contributed by atoms with Crippen LogP contribution in [0.3, 0.4) is 0 Å². The maximum atomic E-state index is 13.5. The number of ether oxygens (including phenoxy) is 1. The monoisotopic (exact) mass is 472 g/mol. The van der Waals surface area contributed by atoms with Crippen LogP contribution < -0.4 is 5.32 Å². The van der Waals surface area contributed by atoms with Gasteiger partial charge in [-0.25, -0.2) is 9.18 Å². The first-order valence-electron chi connectivity index (χ1n) is 10.2. The predicted molar refractivity (Wildman–Crippen MR) is 114 cm³/mol. The van der Waals surface area contributed by atoms with E-state index in [4.69, 9.17) is 16.3 Å². The van der Waals surface area contributed by atoms with E-state index in [1.807, 2.05) is 20.8 Å². The van der Waals surface area contributed by atoms with Crippen molar-refractivity contribution in [3.63, 3.8) is 0 Å². The summed E-state index contributed by atoms with van der Waals surface area (Å²) >= 11 is 5.95. The number of halogens is 5. The van der Waals surface area contributed by atoms with E-state index in [0.29, 0.717) is 29.7 Å². The van der Waals surface area contributed by atoms with Gasteiger partial charge in [-0.3, -0.25) is 0 Å². The zero-order chi connectivity index (χ0) is 23.7. The second-order valence-electron chi connectivity index (χ2n) is 8.89. The van der Waals surface area contributed by atoms with Crippen molar-refractivity contribution in [1.29, 1.82) is 0 Å². The first kappa shape index (κ1) is 24.3. The Morgan fingerprint density at radius 3 is 2.34 bits per heavy atom. The van der Waals surface area contributed by atoms with Crippen molar-refractivity contribution >= 4 is 17.6 Å². The van der Waals surface area contributed by atoms with Crippen LogP contribution in [-0.4, -0.2) is 35.7 Å². The van der Waals surface area contributed by atoms with Crippen molar-refractivity contribution in [1.82, 2.24) is 10.2 Å². The maximum absolute atomic E-state index is 13.5. The molecule has 0 saturated carbocycles. The quantitative estimate of drug-likeness (QED) is 0.543. The minimum atomic E-state index is -4.69. The van der Waals surface area contributed by atoms with Crippen LogP contribution in [0.2, 0.25) is 5.02 Å². The average molecular weight is 473 g/mol. The highest BCUT2D eigenvalue weighted by Crippen LogP contribution is 2.36. The topological polar surface area (TPSA) is 41.6 Å². The van der Waals surface area contributed by atoms with Gasteiger partial charge in [-0.1, -0.05) is 29.8 Å². The Bertz CT molecular complexity index is 952. The molecule has 4 nitrogen and oxygen atoms in total. The van der Waals surface area contributed by atoms with E-state index < -0.39 is 23.7 Å². The van der Waals surface area contributed by atoms with Crippen LogP contribution in [-0.2, 0) is 17.3 Å². The summed E-state index contributed by atoms with van der Waals surface area (Å²) in [4.78, 5) is 13.8. The molecule has 9 heteroatoms. The van der Waals surface area contributed by atoms with Gasteiger partial charge in [-0.15, -0.1) is 0 Å². The molecule has 1 saturated heterocycles. The molecule has 1 atom stereocenters. The third kappa shape index (κ3) is 6.36. The van der Waals surface area contributed by atoms with E-state index in [0.717, 1.165) is 12.1 Å². The molecule has 3 rings (SSSR count). The molecule has 1 N–H and O–H groups in total. The molecule has 1 aliphatic rings. The summed E-state index contributed by atoms with van der Waals surface area (Å²) in [6.07, 6.45) is -5.87. The third-order valence-electron chi connectivity index (χ3n) is 5.00. The Morgan fingerprint density at radius 2 is 1.78 bits per heavy atom. The fourth-order valence-corrected chi connectivity index (χ4v) is 3.56. The Balaban J connectivity index is 1.77. The predicted octanol–water partition coefficient (Wildman–Crippen LogP) is 5.99. The number of likely N-dealkylation sites (tertiary alicyclic amines) is 1. The smallest absolute Gasteiger partial charge is 0.366 e. The lowest BCUT2D eigenvalue weighted by Crippen LogP contribution is -2.60. The molecule has 1 unspecified atom stereocenters. The van der Waals surface area contributed by atoms with Crippen molar-refractivity contribution in [3.05, 3.63) is 70.0 Å². The third-order valence-corrected chi connectivity index (χ3v) is 5.25. The molecule has 2 aromatic carbocycles. The molecular formula is C23H25ClF4N2O2. The van der Waals surface area contributed by atoms with Crippen LogP contribution in [0.25, 0.3) is 0 Å². The van der Waals surface area contributed by atoms with Gasteiger partial charge in [0.1, 0.15) is 5.82 Å². The van der Waals surface area contributed by atoms with Gasteiger partial charge in [0.05, 0.1) is 30.9 Å². The average Bonchev–Trinajstić information content (AvgIpc) is 2.62. The van der Waals surface area contributed by atoms with Crippen LogP contribution >= 0.6 is 11.6 Å². The van der Waals surface area contributed by atoms with Gasteiger partial charge in [0.2, 0.25) is 0 Å². The Kier molecular flexibility index (Phi) is 7.05. The molecule has 2 amide bonds. The van der Waals surface area contributed by atoms with Crippen molar-refractivity contribution < 1.29 is 27.1 Å². The first-order chi connectivity index (χ1) is 14.8. The van der Waals surface area contributed by atoms with E-state index in [1.54, 1.807) is 29.2 Å². The van der Waals surface area contributed by atoms with Gasteiger partial charge >= 0.3 is 12.2 Å². The summed E-state index contributed by atoms with van der Waals surface area (Å²) in [6.45, 7) is 6.26. The van der Waals surface area contributed by atoms with E-state index in [1.165, 1.54) is 0 Å². The molecular weight excluding hydrogens is 448 g/mol. The number of alkyl halides is 3. The summed E-state index contributed by atoms with van der Waals surface area (Å²) in [6, 6.07) is 9.05. The van der Waals surface area contributed by atoms with Gasteiger partial charge in [-0.2, -0.15) is 13.2 Å². The van der Waals surface area contributed by atoms with Gasteiger partial charge in [0, 0.05) is 17.0 Å². The molecule has 0 aliphatic carbocycles. The molecule has 1 heterocycles. The zero-order valence-corrected chi connectivity index (χ0v) is 18.7. The lowest BCUT2D eigenvalue weighted by Gasteiger charge is -2.42. The molecule has 2 aromatic rings. The number of amides is 2. The van der Waals surface area contributed by atoms with E-state index in [9.17, 15) is 22.4 Å². The fraction of sp³-hybridized carbons (Fsp3) is 0.435. The molecule has 174 valence electrons. The molecule has 0 radical (unpaired) electrons. The summed E-state index contributed by atoms with van der Waals surface area (Å²) in [7, 11) is 0. The number of carbonyl (C=O) groups is 1. The highest BCUT2D eigenvalue weighted by molar-refractivity contribution is 6.30. The Morgan fingerprint density at radius 1 is 1.16 bits per heavy atom. The standard InChI is InChI=1S/C23H25ClF4N2O2/c1-22(2,3)29-21(31)30-12-18(13-30)32-20(14-4-7-16(24)8-5-14)10-15-6-9-17(25)11-19(15)23(26,27)28/h4-9,11,18,20H,10,12-13H2,1-3H3,(H,29,31). The lowest BCUT2D eigenvalue weighted by molar-refractivity contribution is -0.139. The summed E-state index contributed by atoms with van der Waals surface area (Å²) in [5, 5.41) is 3.34. The molecule has 0 spiro atoms. The maximum Gasteiger partial charge on any atom is 0.416 e. The zero-order valence-electron chi connectivity index (χ0n) is 18.0. The van der Waals surface area contributed by atoms with Gasteiger partial charge in [0.25, 0.3) is 0 Å². The minimum absolute atomic E-state index is 0.0690. The largest absolute Gasteiger partial charge is 0.416 e. The van der Waals surface area contributed by atoms with E-state index >= 15 is 0 Å². The highest BCUT2D eigenvalue weighted by Gasteiger charge is 2.37. The molecule has 1 fully saturated rings. The van der Waals surface area contributed by atoms with Crippen LogP contribution in [0.1, 0.15) is 43.6 Å². The molecule has 0 aromatic heterocycles. The molecule has 32 heavy (non-hydrogen) atoms. The minimum Gasteiger partial charge on any atom is -0.366 e. The number of benzene rings is 2. The fourth-order valence-electron chi connectivity index (χ4n) is 3.43. The van der Waals surface area contributed by atoms with Crippen molar-refractivity contribution in [2.75, 3.05) is 13.1 Å². The summed E-state index contributed by atoms with van der Waals surface area (Å²) in [5.74, 6) is -0.954. The van der Waals surface area contributed by atoms with Crippen molar-refractivity contribution in [2.24, 2.45) is 0 Å². The van der Waals surface area contributed by atoms with E-state index in [-0.39, 0.29) is 29.7 Å². The number of hydrogen-bond donors (Lipinski definition) is 1. The van der Waals surface area contributed by atoms with Crippen molar-refractivity contribution in [3.8, 4) is 0 Å². The summed E-state index contributed by atoms with van der Waals surface area (Å²) < 4.78 is 60.0. The van der Waals surface area contributed by atoms with Gasteiger partial charge in [-0.05, 0) is 56.2 Å². The van der Waals surface area contributed by atoms with Crippen LogP contribution in [0.15, 0.2) is 42.5 Å². The lowest BCUT2D eigenvalue weighted by atomic mass is 9.96. The number of nitrogens with one attached hydrogen (secondary N) is 1. The first-order valence-corrected chi connectivity index (χ1v) is 10.5. The number of rotatable bonds is 5. The Labute approximate surface area is 189 Å². The number of nitrogens with zero attached hydrogens (tertiary/aromatic N) is 1. The van der Waals surface area contributed by atoms with Crippen LogP contribution in [0, 0.1) is 5.82 Å². The van der Waals surface area contributed by atoms with Gasteiger partial charge in [0.15, 0.2) is 0 Å². The van der Waals surface area contributed by atoms with Gasteiger partial charge < -0.3 is 15.0 Å². The second-order valence-corrected chi connectivity index (χ2v) is 9.32. The molecule has 0 bridgehead atoms. The second kappa shape index (κ2) is 9.27. The normalized spacial score (nSPS) is 15.9. The van der Waals surface area contributed by atoms with Crippen LogP contribution in [0.4, 0.5) is 22.4 Å². The number of urea groups is 1. The van der Waals surface area contributed by atoms with Crippen LogP contribution in [0.5, 0.6) is 0 Å². The number of hydrogen-bond acceptors (Lipinski definition) is 2.